The largest absolute Gasteiger partial charge is 0.490 e. The van der Waals surface area contributed by atoms with Crippen molar-refractivity contribution in [2.75, 3.05) is 27.2 Å². The maximum atomic E-state index is 13.3. The summed E-state index contributed by atoms with van der Waals surface area (Å²) in [6.07, 6.45) is 0.891. The molecule has 0 aliphatic carbocycles. The molecule has 4 heteroatoms. The van der Waals surface area contributed by atoms with E-state index >= 15 is 0 Å². The minimum atomic E-state index is -0.325. The van der Waals surface area contributed by atoms with Crippen molar-refractivity contribution in [2.45, 2.75) is 6.42 Å². The van der Waals surface area contributed by atoms with Crippen molar-refractivity contribution < 1.29 is 9.13 Å². The average molecular weight is 276 g/mol. The van der Waals surface area contributed by atoms with Crippen LogP contribution in [0, 0.1) is 5.82 Å². The summed E-state index contributed by atoms with van der Waals surface area (Å²) in [5.41, 5.74) is 0. The fraction of sp³-hybridized carbons (Fsp3) is 0.455. The lowest BCUT2D eigenvalue weighted by Crippen LogP contribution is -2.15. The summed E-state index contributed by atoms with van der Waals surface area (Å²) in [4.78, 5) is 2.07. The van der Waals surface area contributed by atoms with Crippen LogP contribution in [0.25, 0.3) is 0 Å². The summed E-state index contributed by atoms with van der Waals surface area (Å²) in [6, 6.07) is 4.81. The van der Waals surface area contributed by atoms with Gasteiger partial charge in [0.05, 0.1) is 6.61 Å². The van der Waals surface area contributed by atoms with Gasteiger partial charge < -0.3 is 9.64 Å². The van der Waals surface area contributed by atoms with Crippen LogP contribution in [0.4, 0.5) is 4.39 Å². The number of halogens is 2. The van der Waals surface area contributed by atoms with Gasteiger partial charge in [-0.05, 0) is 38.7 Å². The summed E-state index contributed by atoms with van der Waals surface area (Å²) in [5.74, 6) is -0.00816. The van der Waals surface area contributed by atoms with E-state index in [1.54, 1.807) is 12.1 Å². The molecule has 0 spiro atoms. The molecular formula is C11H15BrFNO. The first-order chi connectivity index (χ1) is 7.09. The molecule has 15 heavy (non-hydrogen) atoms. The zero-order valence-corrected chi connectivity index (χ0v) is 10.6. The monoisotopic (exact) mass is 275 g/mol. The Morgan fingerprint density at radius 1 is 1.40 bits per heavy atom. The SMILES string of the molecule is CN(C)CCCOc1ccc(Br)cc1F. The molecule has 0 bridgehead atoms. The summed E-state index contributed by atoms with van der Waals surface area (Å²) >= 11 is 3.19. The molecule has 0 aromatic heterocycles. The quantitative estimate of drug-likeness (QED) is 0.767. The normalized spacial score (nSPS) is 10.7. The molecule has 0 unspecified atom stereocenters. The minimum absolute atomic E-state index is 0.317. The van der Waals surface area contributed by atoms with E-state index in [0.717, 1.165) is 17.4 Å². The Labute approximate surface area is 98.2 Å². The van der Waals surface area contributed by atoms with Crippen molar-refractivity contribution in [1.29, 1.82) is 0 Å². The van der Waals surface area contributed by atoms with Crippen molar-refractivity contribution in [2.24, 2.45) is 0 Å². The maximum absolute atomic E-state index is 13.3. The highest BCUT2D eigenvalue weighted by molar-refractivity contribution is 9.10. The number of rotatable bonds is 5. The van der Waals surface area contributed by atoms with Gasteiger partial charge >= 0.3 is 0 Å². The van der Waals surface area contributed by atoms with Crippen LogP contribution in [0.2, 0.25) is 0 Å². The van der Waals surface area contributed by atoms with Gasteiger partial charge in [-0.15, -0.1) is 0 Å². The van der Waals surface area contributed by atoms with Crippen molar-refractivity contribution >= 4 is 15.9 Å². The van der Waals surface area contributed by atoms with E-state index < -0.39 is 0 Å². The zero-order valence-electron chi connectivity index (χ0n) is 8.96. The Morgan fingerprint density at radius 3 is 2.73 bits per heavy atom. The van der Waals surface area contributed by atoms with E-state index in [2.05, 4.69) is 20.8 Å². The highest BCUT2D eigenvalue weighted by atomic mass is 79.9. The number of hydrogen-bond donors (Lipinski definition) is 0. The molecule has 0 radical (unpaired) electrons. The van der Waals surface area contributed by atoms with Gasteiger partial charge in [0.1, 0.15) is 0 Å². The first kappa shape index (κ1) is 12.5. The molecule has 1 aromatic carbocycles. The highest BCUT2D eigenvalue weighted by Gasteiger charge is 2.03. The van der Waals surface area contributed by atoms with Crippen molar-refractivity contribution in [3.05, 3.63) is 28.5 Å². The second-order valence-corrected chi connectivity index (χ2v) is 4.50. The van der Waals surface area contributed by atoms with Crippen LogP contribution in [0.1, 0.15) is 6.42 Å². The molecule has 0 amide bonds. The molecule has 0 heterocycles. The predicted molar refractivity (Wildman–Crippen MR) is 62.8 cm³/mol. The number of hydrogen-bond acceptors (Lipinski definition) is 2. The Hall–Kier alpha value is -0.610. The first-order valence-corrected chi connectivity index (χ1v) is 5.61. The average Bonchev–Trinajstić information content (AvgIpc) is 2.14. The Balaban J connectivity index is 2.37. The lowest BCUT2D eigenvalue weighted by atomic mass is 10.3. The Kier molecular flexibility index (Phi) is 5.05. The smallest absolute Gasteiger partial charge is 0.166 e. The van der Waals surface area contributed by atoms with Gasteiger partial charge in [-0.3, -0.25) is 0 Å². The standard InChI is InChI=1S/C11H15BrFNO/c1-14(2)6-3-7-15-11-5-4-9(12)8-10(11)13/h4-5,8H,3,6-7H2,1-2H3. The predicted octanol–water partition coefficient (Wildman–Crippen LogP) is 2.92. The zero-order chi connectivity index (χ0) is 11.3. The minimum Gasteiger partial charge on any atom is -0.490 e. The van der Waals surface area contributed by atoms with Crippen LogP contribution in [-0.2, 0) is 0 Å². The summed E-state index contributed by atoms with van der Waals surface area (Å²) in [6.45, 7) is 1.48. The lowest BCUT2D eigenvalue weighted by molar-refractivity contribution is 0.271. The molecule has 84 valence electrons. The molecule has 0 fully saturated rings. The van der Waals surface area contributed by atoms with Crippen LogP contribution < -0.4 is 4.74 Å². The van der Waals surface area contributed by atoms with Gasteiger partial charge in [-0.2, -0.15) is 0 Å². The lowest BCUT2D eigenvalue weighted by Gasteiger charge is -2.10. The Morgan fingerprint density at radius 2 is 2.13 bits per heavy atom. The fourth-order valence-corrected chi connectivity index (χ4v) is 1.49. The number of nitrogens with zero attached hydrogens (tertiary/aromatic N) is 1. The second-order valence-electron chi connectivity index (χ2n) is 3.58. The third-order valence-electron chi connectivity index (χ3n) is 1.90. The van der Waals surface area contributed by atoms with Crippen LogP contribution in [0.15, 0.2) is 22.7 Å². The van der Waals surface area contributed by atoms with Gasteiger partial charge in [-0.1, -0.05) is 15.9 Å². The molecule has 0 saturated heterocycles. The third-order valence-corrected chi connectivity index (χ3v) is 2.39. The Bertz CT molecular complexity index is 317. The first-order valence-electron chi connectivity index (χ1n) is 4.82. The van der Waals surface area contributed by atoms with E-state index in [-0.39, 0.29) is 5.82 Å². The van der Waals surface area contributed by atoms with E-state index in [9.17, 15) is 4.39 Å². The third kappa shape index (κ3) is 4.62. The second kappa shape index (κ2) is 6.08. The van der Waals surface area contributed by atoms with Crippen molar-refractivity contribution in [1.82, 2.24) is 4.90 Å². The molecule has 0 atom stereocenters. The summed E-state index contributed by atoms with van der Waals surface area (Å²) < 4.78 is 19.3. The highest BCUT2D eigenvalue weighted by Crippen LogP contribution is 2.21. The summed E-state index contributed by atoms with van der Waals surface area (Å²) in [7, 11) is 4.00. The van der Waals surface area contributed by atoms with Crippen molar-refractivity contribution in [3.63, 3.8) is 0 Å². The molecule has 2 nitrogen and oxygen atoms in total. The molecule has 1 aromatic rings. The molecule has 0 aliphatic heterocycles. The number of ether oxygens (including phenoxy) is 1. The van der Waals surface area contributed by atoms with Gasteiger partial charge in [0.2, 0.25) is 0 Å². The molecule has 0 N–H and O–H groups in total. The van der Waals surface area contributed by atoms with Gasteiger partial charge in [-0.25, -0.2) is 4.39 Å². The topological polar surface area (TPSA) is 12.5 Å². The maximum Gasteiger partial charge on any atom is 0.166 e. The van der Waals surface area contributed by atoms with Gasteiger partial charge in [0.15, 0.2) is 11.6 Å². The van der Waals surface area contributed by atoms with Crippen molar-refractivity contribution in [3.8, 4) is 5.75 Å². The molecule has 0 aliphatic rings. The molecule has 1 rings (SSSR count). The van der Waals surface area contributed by atoms with Crippen LogP contribution >= 0.6 is 15.9 Å². The summed E-state index contributed by atoms with van der Waals surface area (Å²) in [5, 5.41) is 0. The van der Waals surface area contributed by atoms with Crippen LogP contribution in [0.5, 0.6) is 5.75 Å². The van der Waals surface area contributed by atoms with E-state index in [0.29, 0.717) is 12.4 Å². The van der Waals surface area contributed by atoms with Gasteiger partial charge in [0.25, 0.3) is 0 Å². The fourth-order valence-electron chi connectivity index (χ4n) is 1.16. The molecule has 0 saturated carbocycles. The van der Waals surface area contributed by atoms with Crippen LogP contribution in [0.3, 0.4) is 0 Å². The number of benzene rings is 1. The van der Waals surface area contributed by atoms with Crippen LogP contribution in [-0.4, -0.2) is 32.1 Å². The van der Waals surface area contributed by atoms with Gasteiger partial charge in [0, 0.05) is 11.0 Å². The van der Waals surface area contributed by atoms with E-state index in [1.165, 1.54) is 6.07 Å². The van der Waals surface area contributed by atoms with E-state index in [1.807, 2.05) is 14.1 Å². The molecular weight excluding hydrogens is 261 g/mol. The van der Waals surface area contributed by atoms with E-state index in [4.69, 9.17) is 4.74 Å².